The van der Waals surface area contributed by atoms with Crippen molar-refractivity contribution < 1.29 is 0 Å². The molecule has 0 aliphatic carbocycles. The molecule has 0 N–H and O–H groups in total. The first-order chi connectivity index (χ1) is 6.92. The molecular weight excluding hydrogens is 172 g/mol. The van der Waals surface area contributed by atoms with Crippen LogP contribution in [0, 0.1) is 11.3 Å². The Morgan fingerprint density at radius 1 is 1.29 bits per heavy atom. The van der Waals surface area contributed by atoms with Crippen LogP contribution in [0.3, 0.4) is 0 Å². The smallest absolute Gasteiger partial charge is 0.0969 e. The zero-order valence-corrected chi connectivity index (χ0v) is 7.72. The van der Waals surface area contributed by atoms with E-state index in [2.05, 4.69) is 23.2 Å². The van der Waals surface area contributed by atoms with Gasteiger partial charge in [-0.3, -0.25) is 4.99 Å². The minimum absolute atomic E-state index is 0.193. The Morgan fingerprint density at radius 3 is 2.79 bits per heavy atom. The first kappa shape index (κ1) is 8.71. The largest absolute Gasteiger partial charge is 0.268 e. The molecule has 0 spiro atoms. The van der Waals surface area contributed by atoms with Crippen LogP contribution in [-0.2, 0) is 0 Å². The highest BCUT2D eigenvalue weighted by molar-refractivity contribution is 5.64. The minimum atomic E-state index is 0.193. The summed E-state index contributed by atoms with van der Waals surface area (Å²) >= 11 is 0. The van der Waals surface area contributed by atoms with Gasteiger partial charge < -0.3 is 0 Å². The van der Waals surface area contributed by atoms with Crippen molar-refractivity contribution in [3.05, 3.63) is 47.7 Å². The van der Waals surface area contributed by atoms with Gasteiger partial charge in [0, 0.05) is 18.3 Å². The van der Waals surface area contributed by atoms with Crippen molar-refractivity contribution in [2.45, 2.75) is 12.3 Å². The Labute approximate surface area is 83.2 Å². The molecule has 1 atom stereocenters. The number of aliphatic imine (C=N–C) groups is 1. The molecule has 0 saturated heterocycles. The molecule has 0 saturated carbocycles. The number of hydrogen-bond acceptors (Lipinski definition) is 2. The lowest BCUT2D eigenvalue weighted by atomic mass is 9.89. The third-order valence-electron chi connectivity index (χ3n) is 2.37. The molecule has 2 nitrogen and oxygen atoms in total. The summed E-state index contributed by atoms with van der Waals surface area (Å²) < 4.78 is 0. The lowest BCUT2D eigenvalue weighted by Gasteiger charge is -2.15. The first-order valence-corrected chi connectivity index (χ1v) is 4.58. The van der Waals surface area contributed by atoms with Crippen LogP contribution >= 0.6 is 0 Å². The molecular formula is C12H10N2. The van der Waals surface area contributed by atoms with Crippen molar-refractivity contribution in [3.63, 3.8) is 0 Å². The summed E-state index contributed by atoms with van der Waals surface area (Å²) in [7, 11) is 0. The van der Waals surface area contributed by atoms with E-state index in [0.29, 0.717) is 0 Å². The molecule has 68 valence electrons. The van der Waals surface area contributed by atoms with E-state index in [9.17, 15) is 0 Å². The molecule has 1 unspecified atom stereocenters. The summed E-state index contributed by atoms with van der Waals surface area (Å²) in [5.74, 6) is 0.193. The average molecular weight is 182 g/mol. The Hall–Kier alpha value is -1.88. The molecule has 2 heteroatoms. The zero-order chi connectivity index (χ0) is 9.80. The van der Waals surface area contributed by atoms with Gasteiger partial charge >= 0.3 is 0 Å². The van der Waals surface area contributed by atoms with Gasteiger partial charge in [-0.15, -0.1) is 0 Å². The van der Waals surface area contributed by atoms with Gasteiger partial charge in [-0.2, -0.15) is 5.26 Å². The third kappa shape index (κ3) is 1.57. The number of rotatable bonds is 1. The molecule has 1 heterocycles. The first-order valence-electron chi connectivity index (χ1n) is 4.58. The fraction of sp³-hybridized carbons (Fsp3) is 0.167. The maximum atomic E-state index is 8.93. The second kappa shape index (κ2) is 3.89. The molecule has 0 amide bonds. The topological polar surface area (TPSA) is 36.1 Å². The van der Waals surface area contributed by atoms with Gasteiger partial charge in [0.15, 0.2) is 0 Å². The van der Waals surface area contributed by atoms with E-state index in [1.807, 2.05) is 24.4 Å². The van der Waals surface area contributed by atoms with Crippen LogP contribution in [0.25, 0.3) is 0 Å². The molecule has 1 aliphatic heterocycles. The van der Waals surface area contributed by atoms with Crippen LogP contribution in [-0.4, -0.2) is 6.21 Å². The molecule has 1 aliphatic rings. The van der Waals surface area contributed by atoms with E-state index in [1.165, 1.54) is 5.56 Å². The second-order valence-electron chi connectivity index (χ2n) is 3.23. The Kier molecular flexibility index (Phi) is 2.42. The molecule has 1 aromatic carbocycles. The van der Waals surface area contributed by atoms with Crippen molar-refractivity contribution >= 4 is 6.21 Å². The van der Waals surface area contributed by atoms with Gasteiger partial charge in [0.25, 0.3) is 0 Å². The number of hydrogen-bond donors (Lipinski definition) is 0. The summed E-state index contributed by atoms with van der Waals surface area (Å²) in [5, 5.41) is 8.93. The van der Waals surface area contributed by atoms with Crippen LogP contribution in [0.5, 0.6) is 0 Å². The van der Waals surface area contributed by atoms with E-state index >= 15 is 0 Å². The van der Waals surface area contributed by atoms with E-state index < -0.39 is 0 Å². The quantitative estimate of drug-likeness (QED) is 0.657. The summed E-state index contributed by atoms with van der Waals surface area (Å²) in [6, 6.07) is 12.3. The monoisotopic (exact) mass is 182 g/mol. The number of benzene rings is 1. The Bertz CT molecular complexity index is 410. The highest BCUT2D eigenvalue weighted by Gasteiger charge is 2.17. The number of nitriles is 1. The van der Waals surface area contributed by atoms with Gasteiger partial charge in [-0.1, -0.05) is 30.3 Å². The SMILES string of the molecule is N#CC1=CN=CCC1c1ccccc1. The predicted octanol–water partition coefficient (Wildman–Crippen LogP) is 2.65. The molecule has 14 heavy (non-hydrogen) atoms. The molecule has 1 aromatic rings. The maximum Gasteiger partial charge on any atom is 0.0969 e. The molecule has 0 aromatic heterocycles. The number of allylic oxidation sites excluding steroid dienone is 1. The Morgan fingerprint density at radius 2 is 2.07 bits per heavy atom. The molecule has 0 bridgehead atoms. The third-order valence-corrected chi connectivity index (χ3v) is 2.37. The van der Waals surface area contributed by atoms with Gasteiger partial charge in [-0.25, -0.2) is 0 Å². The van der Waals surface area contributed by atoms with Crippen LogP contribution in [0.4, 0.5) is 0 Å². The highest BCUT2D eigenvalue weighted by atomic mass is 14.7. The predicted molar refractivity (Wildman–Crippen MR) is 56.0 cm³/mol. The van der Waals surface area contributed by atoms with Crippen molar-refractivity contribution in [1.29, 1.82) is 5.26 Å². The maximum absolute atomic E-state index is 8.93. The highest BCUT2D eigenvalue weighted by Crippen LogP contribution is 2.28. The van der Waals surface area contributed by atoms with Crippen molar-refractivity contribution in [1.82, 2.24) is 0 Å². The summed E-state index contributed by atoms with van der Waals surface area (Å²) in [5.41, 5.74) is 1.94. The fourth-order valence-electron chi connectivity index (χ4n) is 1.62. The summed E-state index contributed by atoms with van der Waals surface area (Å²) in [4.78, 5) is 4.00. The standard InChI is InChI=1S/C12H10N2/c13-8-11-9-14-7-6-12(11)10-4-2-1-3-5-10/h1-5,7,9,12H,6H2. The van der Waals surface area contributed by atoms with Crippen molar-refractivity contribution in [3.8, 4) is 6.07 Å². The molecule has 0 fully saturated rings. The summed E-state index contributed by atoms with van der Waals surface area (Å²) in [6.07, 6.45) is 4.34. The minimum Gasteiger partial charge on any atom is -0.268 e. The molecule has 0 radical (unpaired) electrons. The van der Waals surface area contributed by atoms with Gasteiger partial charge in [0.1, 0.15) is 0 Å². The number of nitrogens with zero attached hydrogens (tertiary/aromatic N) is 2. The van der Waals surface area contributed by atoms with Crippen LogP contribution in [0.15, 0.2) is 47.1 Å². The fourth-order valence-corrected chi connectivity index (χ4v) is 1.62. The van der Waals surface area contributed by atoms with E-state index in [1.54, 1.807) is 6.20 Å². The van der Waals surface area contributed by atoms with Crippen molar-refractivity contribution in [2.24, 2.45) is 4.99 Å². The van der Waals surface area contributed by atoms with Gasteiger partial charge in [0.2, 0.25) is 0 Å². The van der Waals surface area contributed by atoms with Crippen LogP contribution in [0.2, 0.25) is 0 Å². The van der Waals surface area contributed by atoms with E-state index in [-0.39, 0.29) is 5.92 Å². The van der Waals surface area contributed by atoms with E-state index in [4.69, 9.17) is 5.26 Å². The summed E-state index contributed by atoms with van der Waals surface area (Å²) in [6.45, 7) is 0. The average Bonchev–Trinajstić information content (AvgIpc) is 2.30. The van der Waals surface area contributed by atoms with Crippen LogP contribution in [0.1, 0.15) is 17.9 Å². The normalized spacial score (nSPS) is 19.9. The van der Waals surface area contributed by atoms with Crippen molar-refractivity contribution in [2.75, 3.05) is 0 Å². The van der Waals surface area contributed by atoms with Gasteiger partial charge in [-0.05, 0) is 12.0 Å². The lowest BCUT2D eigenvalue weighted by Crippen LogP contribution is -2.05. The lowest BCUT2D eigenvalue weighted by molar-refractivity contribution is 0.850. The second-order valence-corrected chi connectivity index (χ2v) is 3.23. The van der Waals surface area contributed by atoms with Crippen LogP contribution < -0.4 is 0 Å². The Balaban J connectivity index is 2.33. The molecule has 2 rings (SSSR count). The van der Waals surface area contributed by atoms with E-state index in [0.717, 1.165) is 12.0 Å². The van der Waals surface area contributed by atoms with Gasteiger partial charge in [0.05, 0.1) is 11.6 Å². The zero-order valence-electron chi connectivity index (χ0n) is 7.72.